The number of hydrogen-bond donors (Lipinski definition) is 0. The number of carbonyl (C=O) groups excluding carboxylic acids is 1. The van der Waals surface area contributed by atoms with E-state index in [-0.39, 0.29) is 5.69 Å². The van der Waals surface area contributed by atoms with Gasteiger partial charge in [0.15, 0.2) is 0 Å². The second-order valence-corrected chi connectivity index (χ2v) is 4.55. The Morgan fingerprint density at radius 3 is 2.45 bits per heavy atom. The highest BCUT2D eigenvalue weighted by Gasteiger charge is 2.32. The number of esters is 1. The van der Waals surface area contributed by atoms with E-state index in [4.69, 9.17) is 9.47 Å². The van der Waals surface area contributed by atoms with Crippen LogP contribution in [0.2, 0.25) is 0 Å². The van der Waals surface area contributed by atoms with Crippen molar-refractivity contribution in [3.05, 3.63) is 51.7 Å². The Kier molecular flexibility index (Phi) is 4.40. The molecular formula is C14H15N3O5. The maximum absolute atomic E-state index is 11.9. The van der Waals surface area contributed by atoms with Crippen LogP contribution in [0.5, 0.6) is 0 Å². The van der Waals surface area contributed by atoms with Crippen LogP contribution in [0.25, 0.3) is 0 Å². The van der Waals surface area contributed by atoms with E-state index in [1.807, 2.05) is 0 Å². The molecule has 116 valence electrons. The van der Waals surface area contributed by atoms with Gasteiger partial charge < -0.3 is 14.4 Å². The third-order valence-corrected chi connectivity index (χ3v) is 3.32. The molecule has 0 radical (unpaired) electrons. The second kappa shape index (κ2) is 6.25. The van der Waals surface area contributed by atoms with Crippen molar-refractivity contribution in [2.75, 3.05) is 21.3 Å². The summed E-state index contributed by atoms with van der Waals surface area (Å²) in [6.45, 7) is 0. The van der Waals surface area contributed by atoms with E-state index in [9.17, 15) is 14.9 Å². The Balaban J connectivity index is 2.44. The van der Waals surface area contributed by atoms with Gasteiger partial charge in [0.1, 0.15) is 0 Å². The van der Waals surface area contributed by atoms with Crippen LogP contribution in [0, 0.1) is 10.1 Å². The van der Waals surface area contributed by atoms with Crippen LogP contribution in [0.4, 0.5) is 5.69 Å². The Morgan fingerprint density at radius 1 is 1.32 bits per heavy atom. The van der Waals surface area contributed by atoms with Gasteiger partial charge in [-0.05, 0) is 17.7 Å². The Bertz CT molecular complexity index is 651. The van der Waals surface area contributed by atoms with Crippen molar-refractivity contribution < 1.29 is 19.2 Å². The number of non-ortho nitro benzene ring substituents is 1. The molecule has 8 heteroatoms. The number of amidine groups is 1. The summed E-state index contributed by atoms with van der Waals surface area (Å²) < 4.78 is 9.92. The first-order chi connectivity index (χ1) is 10.5. The van der Waals surface area contributed by atoms with Crippen LogP contribution in [0.3, 0.4) is 0 Å². The van der Waals surface area contributed by atoms with E-state index < -0.39 is 16.9 Å². The largest absolute Gasteiger partial charge is 0.468 e. The lowest BCUT2D eigenvalue weighted by Crippen LogP contribution is -2.37. The molecule has 1 aromatic rings. The first-order valence-electron chi connectivity index (χ1n) is 6.37. The highest BCUT2D eigenvalue weighted by molar-refractivity contribution is 5.93. The quantitative estimate of drug-likeness (QED) is 0.478. The standard InChI is InChI=1S/C14H15N3O5/c1-16-12(9-4-6-10(7-5-9)17(19)20)11(13(18)21-2)8-15-14(16)22-3/h4-8,12H,1-3H3. The third kappa shape index (κ3) is 2.76. The molecule has 1 atom stereocenters. The van der Waals surface area contributed by atoms with Crippen molar-refractivity contribution in [1.82, 2.24) is 4.90 Å². The highest BCUT2D eigenvalue weighted by Crippen LogP contribution is 2.32. The minimum atomic E-state index is -0.519. The maximum Gasteiger partial charge on any atom is 0.337 e. The van der Waals surface area contributed by atoms with Gasteiger partial charge in [-0.15, -0.1) is 0 Å². The summed E-state index contributed by atoms with van der Waals surface area (Å²) in [4.78, 5) is 27.9. The van der Waals surface area contributed by atoms with Crippen LogP contribution in [-0.2, 0) is 14.3 Å². The third-order valence-electron chi connectivity index (χ3n) is 3.32. The molecule has 2 rings (SSSR count). The molecule has 0 N–H and O–H groups in total. The first-order valence-corrected chi connectivity index (χ1v) is 6.37. The van der Waals surface area contributed by atoms with Gasteiger partial charge in [0, 0.05) is 25.4 Å². The molecule has 0 aliphatic carbocycles. The lowest BCUT2D eigenvalue weighted by molar-refractivity contribution is -0.384. The van der Waals surface area contributed by atoms with Crippen molar-refractivity contribution in [2.24, 2.45) is 4.99 Å². The predicted octanol–water partition coefficient (Wildman–Crippen LogP) is 1.64. The normalized spacial score (nSPS) is 17.4. The topological polar surface area (TPSA) is 94.3 Å². The minimum Gasteiger partial charge on any atom is -0.468 e. The van der Waals surface area contributed by atoms with E-state index in [1.54, 1.807) is 24.1 Å². The van der Waals surface area contributed by atoms with E-state index in [2.05, 4.69) is 4.99 Å². The van der Waals surface area contributed by atoms with Gasteiger partial charge in [-0.25, -0.2) is 9.79 Å². The number of hydrogen-bond acceptors (Lipinski definition) is 7. The van der Waals surface area contributed by atoms with Crippen molar-refractivity contribution in [1.29, 1.82) is 0 Å². The number of methoxy groups -OCH3 is 2. The average Bonchev–Trinajstić information content (AvgIpc) is 2.53. The number of nitrogens with zero attached hydrogens (tertiary/aromatic N) is 3. The van der Waals surface area contributed by atoms with Gasteiger partial charge in [-0.1, -0.05) is 0 Å². The first kappa shape index (κ1) is 15.5. The fourth-order valence-corrected chi connectivity index (χ4v) is 2.27. The van der Waals surface area contributed by atoms with E-state index in [0.29, 0.717) is 17.2 Å². The maximum atomic E-state index is 11.9. The summed E-state index contributed by atoms with van der Waals surface area (Å²) in [6.07, 6.45) is 1.39. The number of nitro groups is 1. The van der Waals surface area contributed by atoms with E-state index in [0.717, 1.165) is 0 Å². The summed E-state index contributed by atoms with van der Waals surface area (Å²) in [5, 5.41) is 10.7. The van der Waals surface area contributed by atoms with E-state index >= 15 is 0 Å². The summed E-state index contributed by atoms with van der Waals surface area (Å²) in [5.41, 5.74) is 0.986. The number of aliphatic imine (C=N–C) groups is 1. The van der Waals surface area contributed by atoms with Gasteiger partial charge in [0.2, 0.25) is 0 Å². The zero-order valence-corrected chi connectivity index (χ0v) is 12.3. The lowest BCUT2D eigenvalue weighted by Gasteiger charge is -2.32. The zero-order valence-electron chi connectivity index (χ0n) is 12.3. The highest BCUT2D eigenvalue weighted by atomic mass is 16.6. The van der Waals surface area contributed by atoms with Gasteiger partial charge in [0.25, 0.3) is 11.7 Å². The summed E-state index contributed by atoms with van der Waals surface area (Å²) in [6, 6.07) is 5.78. The number of nitro benzene ring substituents is 1. The number of rotatable bonds is 3. The van der Waals surface area contributed by atoms with Crippen LogP contribution in [0.15, 0.2) is 41.0 Å². The van der Waals surface area contributed by atoms with Crippen molar-refractivity contribution >= 4 is 17.7 Å². The fourth-order valence-electron chi connectivity index (χ4n) is 2.27. The van der Waals surface area contributed by atoms with Gasteiger partial charge in [0.05, 0.1) is 30.8 Å². The molecule has 22 heavy (non-hydrogen) atoms. The Hall–Kier alpha value is -2.90. The molecule has 0 fully saturated rings. The van der Waals surface area contributed by atoms with Crippen LogP contribution >= 0.6 is 0 Å². The summed E-state index contributed by atoms with van der Waals surface area (Å²) >= 11 is 0. The minimum absolute atomic E-state index is 0.0218. The predicted molar refractivity (Wildman–Crippen MR) is 78.1 cm³/mol. The molecule has 1 aliphatic rings. The molecule has 1 unspecified atom stereocenters. The molecule has 0 bridgehead atoms. The molecule has 0 saturated carbocycles. The number of carbonyl (C=O) groups is 1. The molecule has 0 spiro atoms. The van der Waals surface area contributed by atoms with Gasteiger partial charge >= 0.3 is 5.97 Å². The molecule has 1 heterocycles. The molecule has 1 aromatic carbocycles. The molecule has 0 aromatic heterocycles. The number of ether oxygens (including phenoxy) is 2. The molecule has 1 aliphatic heterocycles. The monoisotopic (exact) mass is 305 g/mol. The summed E-state index contributed by atoms with van der Waals surface area (Å²) in [5.74, 6) is -0.519. The van der Waals surface area contributed by atoms with Crippen LogP contribution in [-0.4, -0.2) is 43.1 Å². The molecule has 8 nitrogen and oxygen atoms in total. The van der Waals surface area contributed by atoms with Gasteiger partial charge in [-0.2, -0.15) is 0 Å². The Morgan fingerprint density at radius 2 is 1.95 bits per heavy atom. The SMILES string of the molecule is COC(=O)C1=CN=C(OC)N(C)C1c1ccc([N+](=O)[O-])cc1. The van der Waals surface area contributed by atoms with Crippen molar-refractivity contribution in [3.63, 3.8) is 0 Å². The second-order valence-electron chi connectivity index (χ2n) is 4.55. The zero-order chi connectivity index (χ0) is 16.3. The molecular weight excluding hydrogens is 290 g/mol. The van der Waals surface area contributed by atoms with E-state index in [1.165, 1.54) is 32.6 Å². The average molecular weight is 305 g/mol. The van der Waals surface area contributed by atoms with Crippen LogP contribution < -0.4 is 0 Å². The summed E-state index contributed by atoms with van der Waals surface area (Å²) in [7, 11) is 4.47. The number of likely N-dealkylation sites (N-methyl/N-ethyl adjacent to an activating group) is 1. The van der Waals surface area contributed by atoms with Gasteiger partial charge in [-0.3, -0.25) is 10.1 Å². The smallest absolute Gasteiger partial charge is 0.337 e. The van der Waals surface area contributed by atoms with Crippen molar-refractivity contribution in [3.8, 4) is 0 Å². The number of benzene rings is 1. The van der Waals surface area contributed by atoms with Crippen molar-refractivity contribution in [2.45, 2.75) is 6.04 Å². The molecule has 0 saturated heterocycles. The lowest BCUT2D eigenvalue weighted by atomic mass is 9.97. The molecule has 0 amide bonds. The van der Waals surface area contributed by atoms with Crippen LogP contribution in [0.1, 0.15) is 11.6 Å². The fraction of sp³-hybridized carbons (Fsp3) is 0.286. The Labute approximate surface area is 126 Å².